The zero-order valence-corrected chi connectivity index (χ0v) is 14.7. The van der Waals surface area contributed by atoms with Gasteiger partial charge in [-0.25, -0.2) is 0 Å². The molecular weight excluding hydrogens is 330 g/mol. The minimum atomic E-state index is -0.460. The summed E-state index contributed by atoms with van der Waals surface area (Å²) in [7, 11) is 1.69. The van der Waals surface area contributed by atoms with Crippen LogP contribution in [0.1, 0.15) is 41.1 Å². The molecule has 26 heavy (non-hydrogen) atoms. The number of carbonyl (C=O) groups excluding carboxylic acids is 1. The third-order valence-electron chi connectivity index (χ3n) is 4.68. The molecule has 0 radical (unpaired) electrons. The van der Waals surface area contributed by atoms with Crippen LogP contribution in [-0.2, 0) is 0 Å². The Hall–Kier alpha value is -3.08. The molecule has 1 amide bonds. The van der Waals surface area contributed by atoms with E-state index < -0.39 is 6.04 Å². The molecule has 0 unspecified atom stereocenters. The molecular formula is C21H19NO4. The lowest BCUT2D eigenvalue weighted by Gasteiger charge is -2.20. The number of fused-ring (bicyclic) bond motifs is 2. The molecule has 0 fully saturated rings. The molecule has 0 saturated carbocycles. The first-order valence-corrected chi connectivity index (χ1v) is 8.67. The lowest BCUT2D eigenvalue weighted by molar-refractivity contribution is 0.0771. The van der Waals surface area contributed by atoms with Crippen molar-refractivity contribution >= 4 is 16.9 Å². The monoisotopic (exact) mass is 349 g/mol. The van der Waals surface area contributed by atoms with E-state index in [-0.39, 0.29) is 17.1 Å². The normalized spacial score (nSPS) is 16.2. The molecule has 0 saturated heterocycles. The smallest absolute Gasteiger partial charge is 0.290 e. The van der Waals surface area contributed by atoms with Crippen molar-refractivity contribution in [3.63, 3.8) is 0 Å². The maximum Gasteiger partial charge on any atom is 0.290 e. The predicted octanol–water partition coefficient (Wildman–Crippen LogP) is 3.76. The Morgan fingerprint density at radius 2 is 1.81 bits per heavy atom. The van der Waals surface area contributed by atoms with Crippen molar-refractivity contribution in [2.75, 3.05) is 13.7 Å². The Morgan fingerprint density at radius 1 is 1.08 bits per heavy atom. The zero-order valence-electron chi connectivity index (χ0n) is 14.7. The molecule has 2 heterocycles. The number of carbonyl (C=O) groups is 1. The van der Waals surface area contributed by atoms with Gasteiger partial charge >= 0.3 is 0 Å². The molecule has 2 aromatic carbocycles. The summed E-state index contributed by atoms with van der Waals surface area (Å²) in [6, 6.07) is 14.1. The van der Waals surface area contributed by atoms with Crippen LogP contribution in [0.2, 0.25) is 0 Å². The minimum absolute atomic E-state index is 0.132. The van der Waals surface area contributed by atoms with Gasteiger partial charge in [0.25, 0.3) is 5.91 Å². The van der Waals surface area contributed by atoms with Gasteiger partial charge in [0.15, 0.2) is 5.43 Å². The summed E-state index contributed by atoms with van der Waals surface area (Å²) in [5.41, 5.74) is 1.53. The first-order chi connectivity index (χ1) is 12.6. The number of para-hydroxylation sites is 1. The number of hydrogen-bond acceptors (Lipinski definition) is 4. The highest BCUT2D eigenvalue weighted by Crippen LogP contribution is 2.37. The second-order valence-corrected chi connectivity index (χ2v) is 6.41. The van der Waals surface area contributed by atoms with Crippen molar-refractivity contribution in [1.82, 2.24) is 4.90 Å². The highest BCUT2D eigenvalue weighted by Gasteiger charge is 2.40. The van der Waals surface area contributed by atoms with E-state index in [4.69, 9.17) is 9.15 Å². The predicted molar refractivity (Wildman–Crippen MR) is 98.6 cm³/mol. The van der Waals surface area contributed by atoms with Crippen LogP contribution in [0.3, 0.4) is 0 Å². The molecule has 5 heteroatoms. The third-order valence-corrected chi connectivity index (χ3v) is 4.68. The van der Waals surface area contributed by atoms with Gasteiger partial charge in [0.05, 0.1) is 23.6 Å². The van der Waals surface area contributed by atoms with Gasteiger partial charge < -0.3 is 14.1 Å². The molecule has 1 aliphatic rings. The molecule has 1 aromatic heterocycles. The molecule has 0 N–H and O–H groups in total. The Kier molecular flexibility index (Phi) is 3.99. The summed E-state index contributed by atoms with van der Waals surface area (Å²) in [5.74, 6) is 0.625. The number of rotatable bonds is 4. The van der Waals surface area contributed by atoms with Crippen LogP contribution in [-0.4, -0.2) is 24.5 Å². The fraction of sp³-hybridized carbons (Fsp3) is 0.238. The summed E-state index contributed by atoms with van der Waals surface area (Å²) in [6.45, 7) is 2.70. The van der Waals surface area contributed by atoms with Crippen molar-refractivity contribution in [3.05, 3.63) is 75.6 Å². The van der Waals surface area contributed by atoms with Crippen molar-refractivity contribution in [3.8, 4) is 5.75 Å². The van der Waals surface area contributed by atoms with Gasteiger partial charge in [0.1, 0.15) is 11.3 Å². The molecule has 0 spiro atoms. The van der Waals surface area contributed by atoms with E-state index in [0.29, 0.717) is 23.1 Å². The summed E-state index contributed by atoms with van der Waals surface area (Å²) in [4.78, 5) is 27.2. The lowest BCUT2D eigenvalue weighted by atomic mass is 9.99. The number of nitrogens with zero attached hydrogens (tertiary/aromatic N) is 1. The van der Waals surface area contributed by atoms with E-state index in [2.05, 4.69) is 0 Å². The lowest BCUT2D eigenvalue weighted by Crippen LogP contribution is -2.25. The van der Waals surface area contributed by atoms with Crippen LogP contribution in [0.15, 0.2) is 57.7 Å². The van der Waals surface area contributed by atoms with Crippen molar-refractivity contribution in [2.45, 2.75) is 19.4 Å². The Morgan fingerprint density at radius 3 is 2.54 bits per heavy atom. The minimum Gasteiger partial charge on any atom is -0.494 e. The summed E-state index contributed by atoms with van der Waals surface area (Å²) in [5, 5.41) is 0.488. The Labute approximate surface area is 150 Å². The van der Waals surface area contributed by atoms with Gasteiger partial charge in [-0.2, -0.15) is 0 Å². The van der Waals surface area contributed by atoms with Crippen LogP contribution < -0.4 is 10.2 Å². The van der Waals surface area contributed by atoms with Gasteiger partial charge in [0.2, 0.25) is 5.76 Å². The topological polar surface area (TPSA) is 59.8 Å². The number of benzene rings is 2. The third kappa shape index (κ3) is 2.47. The molecule has 1 atom stereocenters. The molecule has 1 aliphatic heterocycles. The number of hydrogen-bond donors (Lipinski definition) is 0. The first kappa shape index (κ1) is 16.4. The van der Waals surface area contributed by atoms with E-state index in [1.54, 1.807) is 36.2 Å². The zero-order chi connectivity index (χ0) is 18.3. The Balaban J connectivity index is 1.83. The highest BCUT2D eigenvalue weighted by atomic mass is 16.5. The second-order valence-electron chi connectivity index (χ2n) is 6.41. The van der Waals surface area contributed by atoms with Gasteiger partial charge in [-0.05, 0) is 36.2 Å². The van der Waals surface area contributed by atoms with Crippen molar-refractivity contribution < 1.29 is 13.9 Å². The maximum atomic E-state index is 13.0. The number of ether oxygens (including phenoxy) is 1. The van der Waals surface area contributed by atoms with Crippen LogP contribution >= 0.6 is 0 Å². The highest BCUT2D eigenvalue weighted by molar-refractivity contribution is 5.98. The summed E-state index contributed by atoms with van der Waals surface area (Å²) in [6.07, 6.45) is 0.934. The Bertz CT molecular complexity index is 1040. The second kappa shape index (κ2) is 6.33. The van der Waals surface area contributed by atoms with Crippen LogP contribution in [0.4, 0.5) is 0 Å². The molecule has 3 aromatic rings. The fourth-order valence-electron chi connectivity index (χ4n) is 3.39. The summed E-state index contributed by atoms with van der Waals surface area (Å²) >= 11 is 0. The van der Waals surface area contributed by atoms with E-state index in [1.165, 1.54) is 0 Å². The quantitative estimate of drug-likeness (QED) is 0.720. The maximum absolute atomic E-state index is 13.0. The van der Waals surface area contributed by atoms with E-state index >= 15 is 0 Å². The van der Waals surface area contributed by atoms with Crippen LogP contribution in [0.25, 0.3) is 11.0 Å². The van der Waals surface area contributed by atoms with E-state index in [9.17, 15) is 9.59 Å². The van der Waals surface area contributed by atoms with Crippen LogP contribution in [0.5, 0.6) is 5.75 Å². The molecule has 0 aliphatic carbocycles. The largest absolute Gasteiger partial charge is 0.494 e. The molecule has 132 valence electrons. The van der Waals surface area contributed by atoms with E-state index in [0.717, 1.165) is 17.7 Å². The average molecular weight is 349 g/mol. The fourth-order valence-corrected chi connectivity index (χ4v) is 3.39. The van der Waals surface area contributed by atoms with Gasteiger partial charge in [-0.15, -0.1) is 0 Å². The van der Waals surface area contributed by atoms with E-state index in [1.807, 2.05) is 31.2 Å². The number of amides is 1. The first-order valence-electron chi connectivity index (χ1n) is 8.67. The van der Waals surface area contributed by atoms with Crippen molar-refractivity contribution in [2.24, 2.45) is 0 Å². The van der Waals surface area contributed by atoms with Crippen molar-refractivity contribution in [1.29, 1.82) is 0 Å². The molecule has 0 bridgehead atoms. The van der Waals surface area contributed by atoms with Gasteiger partial charge in [0, 0.05) is 7.05 Å². The standard InChI is InChI=1S/C21H19NO4/c1-3-12-25-14-10-8-13(9-11-14)18-17-19(23)15-6-4-5-7-16(15)26-20(17)21(24)22(18)2/h4-11,18H,3,12H2,1-2H3/t18-/m1/s1. The molecule has 4 rings (SSSR count). The molecule has 5 nitrogen and oxygen atoms in total. The average Bonchev–Trinajstić information content (AvgIpc) is 2.92. The van der Waals surface area contributed by atoms with Crippen LogP contribution in [0, 0.1) is 0 Å². The summed E-state index contributed by atoms with van der Waals surface area (Å²) < 4.78 is 11.4. The van der Waals surface area contributed by atoms with Gasteiger partial charge in [-0.1, -0.05) is 31.2 Å². The SMILES string of the molecule is CCCOc1ccc([C@@H]2c3c(oc4ccccc4c3=O)C(=O)N2C)cc1. The van der Waals surface area contributed by atoms with Gasteiger partial charge in [-0.3, -0.25) is 9.59 Å².